The van der Waals surface area contributed by atoms with Gasteiger partial charge < -0.3 is 0 Å². The lowest BCUT2D eigenvalue weighted by Gasteiger charge is -2.31. The summed E-state index contributed by atoms with van der Waals surface area (Å²) in [6.07, 6.45) is 7.80. The summed E-state index contributed by atoms with van der Waals surface area (Å²) < 4.78 is 4.88. The van der Waals surface area contributed by atoms with Gasteiger partial charge in [0.15, 0.2) is 0 Å². The number of aryl methyl sites for hydroxylation is 6. The topological polar surface area (TPSA) is 35.6 Å². The van der Waals surface area contributed by atoms with Gasteiger partial charge >= 0.3 is 0 Å². The third-order valence-corrected chi connectivity index (χ3v) is 12.5. The highest BCUT2D eigenvalue weighted by atomic mass is 15.1. The Morgan fingerprint density at radius 2 is 0.839 bits per heavy atom. The third kappa shape index (κ3) is 4.53. The molecule has 2 aliphatic carbocycles. The SMILES string of the molecule is Cc1ccc(-c2ccc3c(c2)c2cc4c5c(c2n3-c2ccccn2)CCc2c-5c(cc3c5cc(-c6ccc(C)cc6)ccc5n(-c5ccccn5)c23)CC4)cc1. The monoisotopic (exact) mass is 718 g/mol. The molecule has 0 saturated carbocycles. The summed E-state index contributed by atoms with van der Waals surface area (Å²) in [4.78, 5) is 9.91. The van der Waals surface area contributed by atoms with E-state index in [-0.39, 0.29) is 0 Å². The number of hydrogen-bond acceptors (Lipinski definition) is 2. The first-order valence-electron chi connectivity index (χ1n) is 19.8. The van der Waals surface area contributed by atoms with Crippen LogP contribution in [0.4, 0.5) is 0 Å². The molecule has 4 aromatic heterocycles. The van der Waals surface area contributed by atoms with E-state index < -0.39 is 0 Å². The fourth-order valence-corrected chi connectivity index (χ4v) is 9.96. The van der Waals surface area contributed by atoms with Gasteiger partial charge in [0.25, 0.3) is 0 Å². The molecule has 56 heavy (non-hydrogen) atoms. The quantitative estimate of drug-likeness (QED) is 0.182. The zero-order valence-electron chi connectivity index (χ0n) is 31.5. The van der Waals surface area contributed by atoms with Gasteiger partial charge in [-0.1, -0.05) is 83.9 Å². The van der Waals surface area contributed by atoms with Gasteiger partial charge in [-0.25, -0.2) is 9.97 Å². The zero-order valence-corrected chi connectivity index (χ0v) is 31.5. The first-order chi connectivity index (χ1) is 27.6. The molecule has 4 heteroatoms. The van der Waals surface area contributed by atoms with E-state index in [9.17, 15) is 0 Å². The van der Waals surface area contributed by atoms with Crippen molar-refractivity contribution >= 4 is 43.6 Å². The molecule has 4 nitrogen and oxygen atoms in total. The molecule has 0 aliphatic heterocycles. The fourth-order valence-electron chi connectivity index (χ4n) is 9.96. The van der Waals surface area contributed by atoms with Gasteiger partial charge in [0.1, 0.15) is 11.6 Å². The van der Waals surface area contributed by atoms with E-state index in [2.05, 4.69) is 144 Å². The first-order valence-corrected chi connectivity index (χ1v) is 19.8. The number of aromatic nitrogens is 4. The predicted octanol–water partition coefficient (Wildman–Crippen LogP) is 12.5. The summed E-state index contributed by atoms with van der Waals surface area (Å²) in [7, 11) is 0. The molecule has 266 valence electrons. The number of hydrogen-bond donors (Lipinski definition) is 0. The second-order valence-electron chi connectivity index (χ2n) is 15.8. The van der Waals surface area contributed by atoms with E-state index in [4.69, 9.17) is 9.97 Å². The smallest absolute Gasteiger partial charge is 0.137 e. The van der Waals surface area contributed by atoms with E-state index in [0.717, 1.165) is 37.3 Å². The largest absolute Gasteiger partial charge is 0.293 e. The lowest BCUT2D eigenvalue weighted by Crippen LogP contribution is -2.16. The van der Waals surface area contributed by atoms with Crippen molar-refractivity contribution in [3.63, 3.8) is 0 Å². The molecule has 2 aliphatic rings. The predicted molar refractivity (Wildman–Crippen MR) is 231 cm³/mol. The second-order valence-corrected chi connectivity index (χ2v) is 15.8. The molecule has 4 heterocycles. The molecule has 10 aromatic rings. The van der Waals surface area contributed by atoms with Crippen LogP contribution in [0.1, 0.15) is 33.4 Å². The van der Waals surface area contributed by atoms with Gasteiger partial charge in [0.05, 0.1) is 22.1 Å². The van der Waals surface area contributed by atoms with Crippen LogP contribution in [0.2, 0.25) is 0 Å². The van der Waals surface area contributed by atoms with Crippen molar-refractivity contribution in [3.8, 4) is 45.0 Å². The molecular weight excluding hydrogens is 681 g/mol. The number of nitrogens with zero attached hydrogens (tertiary/aromatic N) is 4. The summed E-state index contributed by atoms with van der Waals surface area (Å²) in [5.41, 5.74) is 21.2. The van der Waals surface area contributed by atoms with Crippen molar-refractivity contribution in [2.45, 2.75) is 39.5 Å². The summed E-state index contributed by atoms with van der Waals surface area (Å²) in [5, 5.41) is 5.23. The Balaban J connectivity index is 1.16. The lowest BCUT2D eigenvalue weighted by molar-refractivity contribution is 0.881. The average Bonchev–Trinajstić information content (AvgIpc) is 3.75. The van der Waals surface area contributed by atoms with Crippen LogP contribution in [0, 0.1) is 13.8 Å². The van der Waals surface area contributed by atoms with Crippen LogP contribution in [0.15, 0.2) is 146 Å². The highest BCUT2D eigenvalue weighted by Crippen LogP contribution is 2.51. The third-order valence-electron chi connectivity index (χ3n) is 12.5. The summed E-state index contributed by atoms with van der Waals surface area (Å²) >= 11 is 0. The molecule has 0 spiro atoms. The molecular formula is C52H38N4. The van der Waals surface area contributed by atoms with Gasteiger partial charge in [-0.15, -0.1) is 0 Å². The van der Waals surface area contributed by atoms with Crippen molar-refractivity contribution in [1.82, 2.24) is 19.1 Å². The number of rotatable bonds is 4. The number of benzene rings is 6. The van der Waals surface area contributed by atoms with Crippen LogP contribution in [0.5, 0.6) is 0 Å². The number of fused-ring (bicyclic) bond motifs is 8. The Morgan fingerprint density at radius 3 is 1.25 bits per heavy atom. The van der Waals surface area contributed by atoms with Crippen molar-refractivity contribution in [2.75, 3.05) is 0 Å². The van der Waals surface area contributed by atoms with Gasteiger partial charge in [0, 0.05) is 33.9 Å². The van der Waals surface area contributed by atoms with Crippen molar-refractivity contribution in [1.29, 1.82) is 0 Å². The van der Waals surface area contributed by atoms with Gasteiger partial charge in [-0.05, 0) is 156 Å². The molecule has 0 bridgehead atoms. The van der Waals surface area contributed by atoms with Crippen molar-refractivity contribution in [2.24, 2.45) is 0 Å². The fraction of sp³-hybridized carbons (Fsp3) is 0.115. The molecule has 0 atom stereocenters. The van der Waals surface area contributed by atoms with Crippen LogP contribution >= 0.6 is 0 Å². The molecule has 0 radical (unpaired) electrons. The van der Waals surface area contributed by atoms with Gasteiger partial charge in [-0.3, -0.25) is 9.13 Å². The minimum absolute atomic E-state index is 0.956. The average molecular weight is 719 g/mol. The van der Waals surface area contributed by atoms with Crippen LogP contribution in [-0.2, 0) is 25.7 Å². The maximum Gasteiger partial charge on any atom is 0.137 e. The molecule has 0 N–H and O–H groups in total. The van der Waals surface area contributed by atoms with Crippen LogP contribution < -0.4 is 0 Å². The Morgan fingerprint density at radius 1 is 0.411 bits per heavy atom. The van der Waals surface area contributed by atoms with E-state index in [1.165, 1.54) is 110 Å². The van der Waals surface area contributed by atoms with Crippen LogP contribution in [0.25, 0.3) is 88.6 Å². The highest BCUT2D eigenvalue weighted by Gasteiger charge is 2.33. The Bertz CT molecular complexity index is 3000. The summed E-state index contributed by atoms with van der Waals surface area (Å²) in [6, 6.07) is 49.4. The summed E-state index contributed by atoms with van der Waals surface area (Å²) in [6.45, 7) is 4.30. The minimum Gasteiger partial charge on any atom is -0.293 e. The number of pyridine rings is 2. The minimum atomic E-state index is 0.956. The highest BCUT2D eigenvalue weighted by molar-refractivity contribution is 6.16. The van der Waals surface area contributed by atoms with Gasteiger partial charge in [-0.2, -0.15) is 0 Å². The molecule has 6 aromatic carbocycles. The molecule has 0 amide bonds. The molecule has 12 rings (SSSR count). The molecule has 0 unspecified atom stereocenters. The zero-order chi connectivity index (χ0) is 37.1. The van der Waals surface area contributed by atoms with Gasteiger partial charge in [0.2, 0.25) is 0 Å². The van der Waals surface area contributed by atoms with Crippen molar-refractivity contribution in [3.05, 3.63) is 179 Å². The van der Waals surface area contributed by atoms with E-state index in [0.29, 0.717) is 0 Å². The van der Waals surface area contributed by atoms with Crippen LogP contribution in [0.3, 0.4) is 0 Å². The molecule has 0 fully saturated rings. The maximum absolute atomic E-state index is 4.96. The Hall–Kier alpha value is -6.78. The Kier molecular flexibility index (Phi) is 6.68. The van der Waals surface area contributed by atoms with Crippen molar-refractivity contribution < 1.29 is 0 Å². The maximum atomic E-state index is 4.96. The summed E-state index contributed by atoms with van der Waals surface area (Å²) in [5.74, 6) is 1.92. The van der Waals surface area contributed by atoms with Crippen LogP contribution in [-0.4, -0.2) is 19.1 Å². The second kappa shape index (κ2) is 11.9. The standard InChI is InChI=1S/C52H38N4/c1-31-9-13-33(14-10-31)35-19-23-45-41(27-35)43-29-37-17-18-38-30-44-42-28-36(34-15-11-32(2)12-16-34)20-24-46(42)56(48-8-4-6-26-54-48)52(44)40-22-21-39(49(37)50(38)40)51(43)55(45)47-7-3-5-25-53-47/h3-16,19-20,23-30H,17-18,21-22H2,1-2H3. The molecule has 0 saturated heterocycles. The first kappa shape index (κ1) is 31.6. The van der Waals surface area contributed by atoms with E-state index in [1.54, 1.807) is 0 Å². The van der Waals surface area contributed by atoms with E-state index >= 15 is 0 Å². The Labute approximate surface area is 325 Å². The van der Waals surface area contributed by atoms with E-state index in [1.807, 2.05) is 24.5 Å². The lowest BCUT2D eigenvalue weighted by atomic mass is 9.74. The normalized spacial score (nSPS) is 13.2.